The molecule has 1 saturated heterocycles. The first-order valence-corrected chi connectivity index (χ1v) is 12.1. The molecule has 166 valence electrons. The van der Waals surface area contributed by atoms with E-state index in [1.165, 1.54) is 18.2 Å². The molecule has 1 unspecified atom stereocenters. The molecule has 2 aromatic carbocycles. The van der Waals surface area contributed by atoms with Crippen LogP contribution >= 0.6 is 11.6 Å². The van der Waals surface area contributed by atoms with Gasteiger partial charge in [-0.3, -0.25) is 4.79 Å². The Morgan fingerprint density at radius 3 is 2.74 bits per heavy atom. The van der Waals surface area contributed by atoms with Gasteiger partial charge in [-0.2, -0.15) is 0 Å². The Balaban J connectivity index is 1.80. The van der Waals surface area contributed by atoms with Crippen LogP contribution in [-0.2, 0) is 14.6 Å². The number of ether oxygens (including phenoxy) is 1. The highest BCUT2D eigenvalue weighted by molar-refractivity contribution is 7.93. The summed E-state index contributed by atoms with van der Waals surface area (Å²) >= 11 is 6.36. The van der Waals surface area contributed by atoms with Gasteiger partial charge in [-0.15, -0.1) is 0 Å². The van der Waals surface area contributed by atoms with Crippen molar-refractivity contribution in [1.29, 1.82) is 0 Å². The van der Waals surface area contributed by atoms with E-state index in [0.29, 0.717) is 30.5 Å². The number of benzene rings is 2. The van der Waals surface area contributed by atoms with Crippen LogP contribution in [0.1, 0.15) is 28.9 Å². The van der Waals surface area contributed by atoms with E-state index in [-0.39, 0.29) is 11.6 Å². The summed E-state index contributed by atoms with van der Waals surface area (Å²) in [7, 11) is -3.31. The van der Waals surface area contributed by atoms with Crippen molar-refractivity contribution in [2.75, 3.05) is 30.9 Å². The quantitative estimate of drug-likeness (QED) is 0.702. The molecule has 2 aromatic rings. The monoisotopic (exact) mass is 466 g/mol. The number of hydrogen-bond donors (Lipinski definition) is 1. The molecule has 0 spiro atoms. The van der Waals surface area contributed by atoms with Gasteiger partial charge in [0.15, 0.2) is 9.84 Å². The summed E-state index contributed by atoms with van der Waals surface area (Å²) in [4.78, 5) is 14.4. The van der Waals surface area contributed by atoms with Crippen LogP contribution in [0.4, 0.5) is 10.1 Å². The summed E-state index contributed by atoms with van der Waals surface area (Å²) in [5.74, 6) is -1.29. The van der Waals surface area contributed by atoms with E-state index in [9.17, 15) is 17.6 Å². The van der Waals surface area contributed by atoms with Crippen LogP contribution in [0.25, 0.3) is 0 Å². The fraction of sp³-hybridized carbons (Fsp3) is 0.318. The molecule has 1 aliphatic rings. The molecular formula is C22H24ClFN2O4S. The van der Waals surface area contributed by atoms with Gasteiger partial charge in [0.25, 0.3) is 5.91 Å². The summed E-state index contributed by atoms with van der Waals surface area (Å²) < 4.78 is 42.9. The number of morpholine rings is 1. The minimum atomic E-state index is -3.31. The van der Waals surface area contributed by atoms with Crippen LogP contribution in [0.3, 0.4) is 0 Å². The third-order valence-electron chi connectivity index (χ3n) is 4.89. The molecule has 1 N–H and O–H groups in total. The van der Waals surface area contributed by atoms with Crippen LogP contribution in [0.2, 0.25) is 5.02 Å². The summed E-state index contributed by atoms with van der Waals surface area (Å²) in [5.41, 5.74) is 1.38. The highest BCUT2D eigenvalue weighted by atomic mass is 35.5. The molecule has 0 radical (unpaired) electrons. The van der Waals surface area contributed by atoms with Crippen molar-refractivity contribution in [3.8, 4) is 0 Å². The first-order chi connectivity index (χ1) is 14.7. The maximum absolute atomic E-state index is 14.8. The van der Waals surface area contributed by atoms with Crippen molar-refractivity contribution in [3.63, 3.8) is 0 Å². The number of amides is 1. The van der Waals surface area contributed by atoms with Crippen molar-refractivity contribution in [2.45, 2.75) is 19.0 Å². The van der Waals surface area contributed by atoms with Gasteiger partial charge >= 0.3 is 0 Å². The molecule has 2 atom stereocenters. The van der Waals surface area contributed by atoms with Crippen molar-refractivity contribution in [2.24, 2.45) is 0 Å². The summed E-state index contributed by atoms with van der Waals surface area (Å²) in [6.45, 7) is 3.06. The molecular weight excluding hydrogens is 443 g/mol. The zero-order chi connectivity index (χ0) is 22.6. The number of nitrogens with zero attached hydrogens (tertiary/aromatic N) is 1. The minimum Gasteiger partial charge on any atom is -0.377 e. The predicted octanol–water partition coefficient (Wildman–Crippen LogP) is 3.73. The van der Waals surface area contributed by atoms with Gasteiger partial charge in [-0.25, -0.2) is 12.8 Å². The second kappa shape index (κ2) is 9.80. The number of carbonyl (C=O) groups is 1. The Morgan fingerprint density at radius 2 is 2.06 bits per heavy atom. The number of nitrogens with one attached hydrogen (secondary N) is 1. The summed E-state index contributed by atoms with van der Waals surface area (Å²) in [6.07, 6.45) is 2.39. The van der Waals surface area contributed by atoms with E-state index in [1.807, 2.05) is 23.1 Å². The normalized spacial score (nSPS) is 18.2. The number of sulfone groups is 1. The molecule has 1 amide bonds. The maximum atomic E-state index is 14.8. The highest BCUT2D eigenvalue weighted by Crippen LogP contribution is 2.34. The lowest BCUT2D eigenvalue weighted by Gasteiger charge is -2.38. The fourth-order valence-electron chi connectivity index (χ4n) is 3.38. The van der Waals surface area contributed by atoms with Crippen LogP contribution < -0.4 is 10.2 Å². The molecule has 0 aliphatic carbocycles. The van der Waals surface area contributed by atoms with Gasteiger partial charge in [0.05, 0.1) is 24.8 Å². The Morgan fingerprint density at radius 1 is 1.32 bits per heavy atom. The Kier molecular flexibility index (Phi) is 7.35. The van der Waals surface area contributed by atoms with Gasteiger partial charge in [-0.05, 0) is 36.8 Å². The number of anilines is 1. The molecule has 3 rings (SSSR count). The topological polar surface area (TPSA) is 75.7 Å². The number of halogens is 2. The van der Waals surface area contributed by atoms with Gasteiger partial charge in [0, 0.05) is 35.0 Å². The second-order valence-electron chi connectivity index (χ2n) is 7.39. The van der Waals surface area contributed by atoms with Gasteiger partial charge in [0.2, 0.25) is 0 Å². The number of hydrogen-bond acceptors (Lipinski definition) is 5. The molecule has 6 nitrogen and oxygen atoms in total. The third kappa shape index (κ3) is 6.06. The Hall–Kier alpha value is -2.42. The maximum Gasteiger partial charge on any atom is 0.254 e. The number of carbonyl (C=O) groups excluding carboxylic acids is 1. The van der Waals surface area contributed by atoms with Crippen molar-refractivity contribution < 1.29 is 22.3 Å². The zero-order valence-electron chi connectivity index (χ0n) is 17.2. The predicted molar refractivity (Wildman–Crippen MR) is 120 cm³/mol. The van der Waals surface area contributed by atoms with Crippen LogP contribution in [-0.4, -0.2) is 46.4 Å². The Labute approximate surface area is 186 Å². The second-order valence-corrected chi connectivity index (χ2v) is 9.73. The van der Waals surface area contributed by atoms with Crippen molar-refractivity contribution in [3.05, 3.63) is 75.9 Å². The molecule has 1 aliphatic heterocycles. The zero-order valence-corrected chi connectivity index (χ0v) is 18.8. The lowest BCUT2D eigenvalue weighted by molar-refractivity contribution is 0.0935. The minimum absolute atomic E-state index is 0.120. The van der Waals surface area contributed by atoms with E-state index < -0.39 is 27.6 Å². The molecule has 0 saturated carbocycles. The average molecular weight is 467 g/mol. The van der Waals surface area contributed by atoms with E-state index in [0.717, 1.165) is 17.2 Å². The third-order valence-corrected chi connectivity index (χ3v) is 5.89. The van der Waals surface area contributed by atoms with Gasteiger partial charge < -0.3 is 15.0 Å². The Bertz CT molecular complexity index is 1090. The van der Waals surface area contributed by atoms with Crippen LogP contribution in [0, 0.1) is 5.82 Å². The first-order valence-electron chi connectivity index (χ1n) is 9.73. The fourth-order valence-corrected chi connectivity index (χ4v) is 4.16. The van der Waals surface area contributed by atoms with E-state index in [4.69, 9.17) is 16.3 Å². The number of rotatable bonds is 6. The molecule has 0 bridgehead atoms. The SMILES string of the molecule is C[C@H](/C=C/S(C)(=O)=O)NC(=O)c1ccc(N2CCOCC2c2ccccc2Cl)cc1F. The standard InChI is InChI=1S/C22H24ClFN2O4S/c1-15(9-12-31(2,28)29)25-22(27)18-8-7-16(13-20(18)24)26-10-11-30-14-21(26)17-5-3-4-6-19(17)23/h3-9,12-13,15,21H,10-11,14H2,1-2H3,(H,25,27)/b12-9+/t15-,21?/m1/s1. The smallest absolute Gasteiger partial charge is 0.254 e. The van der Waals surface area contributed by atoms with Gasteiger partial charge in [-0.1, -0.05) is 35.9 Å². The molecule has 1 fully saturated rings. The first kappa shape index (κ1) is 23.2. The van der Waals surface area contributed by atoms with Crippen LogP contribution in [0.5, 0.6) is 0 Å². The van der Waals surface area contributed by atoms with Crippen molar-refractivity contribution >= 4 is 33.0 Å². The lowest BCUT2D eigenvalue weighted by atomic mass is 10.0. The van der Waals surface area contributed by atoms with Crippen molar-refractivity contribution in [1.82, 2.24) is 5.32 Å². The highest BCUT2D eigenvalue weighted by Gasteiger charge is 2.27. The molecule has 31 heavy (non-hydrogen) atoms. The molecule has 0 aromatic heterocycles. The average Bonchev–Trinajstić information content (AvgIpc) is 2.72. The van der Waals surface area contributed by atoms with E-state index >= 15 is 0 Å². The lowest BCUT2D eigenvalue weighted by Crippen LogP contribution is -2.40. The molecule has 9 heteroatoms. The summed E-state index contributed by atoms with van der Waals surface area (Å²) in [5, 5.41) is 4.18. The van der Waals surface area contributed by atoms with E-state index in [1.54, 1.807) is 19.1 Å². The van der Waals surface area contributed by atoms with E-state index in [2.05, 4.69) is 5.32 Å². The van der Waals surface area contributed by atoms with Crippen LogP contribution in [0.15, 0.2) is 53.9 Å². The summed E-state index contributed by atoms with van der Waals surface area (Å²) in [6, 6.07) is 11.1. The molecule has 1 heterocycles. The van der Waals surface area contributed by atoms with Gasteiger partial charge in [0.1, 0.15) is 5.82 Å². The largest absolute Gasteiger partial charge is 0.377 e.